The molecule has 17 heavy (non-hydrogen) atoms. The van der Waals surface area contributed by atoms with E-state index in [2.05, 4.69) is 20.9 Å². The van der Waals surface area contributed by atoms with E-state index in [0.717, 1.165) is 21.2 Å². The second kappa shape index (κ2) is 4.63. The van der Waals surface area contributed by atoms with Crippen LogP contribution in [0.1, 0.15) is 28.6 Å². The third kappa shape index (κ3) is 2.28. The van der Waals surface area contributed by atoms with E-state index in [9.17, 15) is 5.11 Å². The summed E-state index contributed by atoms with van der Waals surface area (Å²) in [6.45, 7) is 4.04. The van der Waals surface area contributed by atoms with Crippen molar-refractivity contribution in [3.05, 3.63) is 51.5 Å². The molecular weight excluding hydrogens is 280 g/mol. The van der Waals surface area contributed by atoms with Gasteiger partial charge in [-0.15, -0.1) is 0 Å². The molecule has 0 aliphatic rings. The molecule has 1 unspecified atom stereocenters. The number of nitrogens with zero attached hydrogens (tertiary/aromatic N) is 2. The van der Waals surface area contributed by atoms with Gasteiger partial charge in [-0.3, -0.25) is 0 Å². The molecule has 4 heteroatoms. The first-order valence-corrected chi connectivity index (χ1v) is 6.22. The predicted molar refractivity (Wildman–Crippen MR) is 70.9 cm³/mol. The standard InChI is InChI=1S/C13H15BrN2O/c1-8-6-10(7-9(2)11(8)14)12(17)13-15-4-5-16(13)3/h4-7,12,17H,1-3H3. The van der Waals surface area contributed by atoms with E-state index < -0.39 is 6.10 Å². The summed E-state index contributed by atoms with van der Waals surface area (Å²) in [5.41, 5.74) is 3.11. The van der Waals surface area contributed by atoms with Crippen LogP contribution < -0.4 is 0 Å². The van der Waals surface area contributed by atoms with Crippen LogP contribution in [0.3, 0.4) is 0 Å². The summed E-state index contributed by atoms with van der Waals surface area (Å²) in [4.78, 5) is 4.18. The predicted octanol–water partition coefficient (Wildman–Crippen LogP) is 2.88. The van der Waals surface area contributed by atoms with E-state index in [4.69, 9.17) is 0 Å². The highest BCUT2D eigenvalue weighted by atomic mass is 79.9. The van der Waals surface area contributed by atoms with Crippen LogP contribution in [0.15, 0.2) is 29.0 Å². The van der Waals surface area contributed by atoms with Crippen LogP contribution in [0.5, 0.6) is 0 Å². The SMILES string of the molecule is Cc1cc(C(O)c2nccn2C)cc(C)c1Br. The van der Waals surface area contributed by atoms with Crippen LogP contribution in [-0.4, -0.2) is 14.7 Å². The Hall–Kier alpha value is -1.13. The summed E-state index contributed by atoms with van der Waals surface area (Å²) in [5.74, 6) is 0.658. The van der Waals surface area contributed by atoms with Crippen molar-refractivity contribution >= 4 is 15.9 Å². The minimum atomic E-state index is -0.680. The number of halogens is 1. The normalized spacial score (nSPS) is 12.8. The topological polar surface area (TPSA) is 38.1 Å². The van der Waals surface area contributed by atoms with Crippen LogP contribution in [-0.2, 0) is 7.05 Å². The molecule has 0 saturated heterocycles. The first-order valence-electron chi connectivity index (χ1n) is 5.42. The van der Waals surface area contributed by atoms with Crippen molar-refractivity contribution in [1.82, 2.24) is 9.55 Å². The molecule has 2 rings (SSSR count). The average molecular weight is 295 g/mol. The van der Waals surface area contributed by atoms with Gasteiger partial charge in [0.25, 0.3) is 0 Å². The Kier molecular flexibility index (Phi) is 3.35. The molecule has 2 aromatic rings. The van der Waals surface area contributed by atoms with Crippen LogP contribution in [0.2, 0.25) is 0 Å². The number of aliphatic hydroxyl groups is 1. The molecular formula is C13H15BrN2O. The molecule has 90 valence electrons. The summed E-state index contributed by atoms with van der Waals surface area (Å²) in [6, 6.07) is 3.97. The Balaban J connectivity index is 2.45. The number of hydrogen-bond acceptors (Lipinski definition) is 2. The molecule has 0 fully saturated rings. The molecule has 0 saturated carbocycles. The highest BCUT2D eigenvalue weighted by Crippen LogP contribution is 2.27. The molecule has 0 aliphatic carbocycles. The number of aliphatic hydroxyl groups excluding tert-OH is 1. The number of rotatable bonds is 2. The van der Waals surface area contributed by atoms with Gasteiger partial charge in [-0.1, -0.05) is 28.1 Å². The number of aromatic nitrogens is 2. The largest absolute Gasteiger partial charge is 0.380 e. The maximum absolute atomic E-state index is 10.3. The van der Waals surface area contributed by atoms with Crippen molar-refractivity contribution in [2.45, 2.75) is 20.0 Å². The fourth-order valence-electron chi connectivity index (χ4n) is 1.93. The Morgan fingerprint density at radius 3 is 2.35 bits per heavy atom. The first-order chi connectivity index (χ1) is 8.00. The fourth-order valence-corrected chi connectivity index (χ4v) is 2.16. The second-order valence-corrected chi connectivity index (χ2v) is 5.06. The van der Waals surface area contributed by atoms with Gasteiger partial charge < -0.3 is 9.67 Å². The molecule has 1 atom stereocenters. The molecule has 1 aromatic heterocycles. The Morgan fingerprint density at radius 2 is 1.88 bits per heavy atom. The lowest BCUT2D eigenvalue weighted by molar-refractivity contribution is 0.206. The molecule has 0 radical (unpaired) electrons. The van der Waals surface area contributed by atoms with Crippen LogP contribution >= 0.6 is 15.9 Å². The van der Waals surface area contributed by atoms with Crippen molar-refractivity contribution in [3.8, 4) is 0 Å². The lowest BCUT2D eigenvalue weighted by atomic mass is 10.0. The zero-order valence-electron chi connectivity index (χ0n) is 10.1. The number of benzene rings is 1. The molecule has 0 aliphatic heterocycles. The summed E-state index contributed by atoms with van der Waals surface area (Å²) < 4.78 is 2.92. The van der Waals surface area contributed by atoms with Gasteiger partial charge in [-0.2, -0.15) is 0 Å². The van der Waals surface area contributed by atoms with Crippen LogP contribution in [0, 0.1) is 13.8 Å². The van der Waals surface area contributed by atoms with Crippen molar-refractivity contribution in [2.24, 2.45) is 7.05 Å². The number of imidazole rings is 1. The first kappa shape index (κ1) is 12.3. The Morgan fingerprint density at radius 1 is 1.29 bits per heavy atom. The van der Waals surface area contributed by atoms with Gasteiger partial charge in [-0.05, 0) is 30.5 Å². The van der Waals surface area contributed by atoms with E-state index in [1.807, 2.05) is 43.8 Å². The summed E-state index contributed by atoms with van der Waals surface area (Å²) in [6.07, 6.45) is 2.84. The van der Waals surface area contributed by atoms with Crippen molar-refractivity contribution in [1.29, 1.82) is 0 Å². The molecule has 0 bridgehead atoms. The van der Waals surface area contributed by atoms with Crippen LogP contribution in [0.25, 0.3) is 0 Å². The maximum Gasteiger partial charge on any atom is 0.142 e. The van der Waals surface area contributed by atoms with E-state index in [0.29, 0.717) is 5.82 Å². The Labute approximate surface area is 109 Å². The Bertz CT molecular complexity index is 525. The van der Waals surface area contributed by atoms with Gasteiger partial charge in [0, 0.05) is 23.9 Å². The zero-order chi connectivity index (χ0) is 12.6. The van der Waals surface area contributed by atoms with Gasteiger partial charge in [0.1, 0.15) is 11.9 Å². The molecule has 1 N–H and O–H groups in total. The summed E-state index contributed by atoms with van der Waals surface area (Å²) in [5, 5.41) is 10.3. The zero-order valence-corrected chi connectivity index (χ0v) is 11.7. The van der Waals surface area contributed by atoms with Crippen LogP contribution in [0.4, 0.5) is 0 Å². The van der Waals surface area contributed by atoms with E-state index in [-0.39, 0.29) is 0 Å². The molecule has 1 heterocycles. The monoisotopic (exact) mass is 294 g/mol. The van der Waals surface area contributed by atoms with Gasteiger partial charge in [0.15, 0.2) is 0 Å². The highest BCUT2D eigenvalue weighted by molar-refractivity contribution is 9.10. The lowest BCUT2D eigenvalue weighted by Gasteiger charge is -2.14. The van der Waals surface area contributed by atoms with Gasteiger partial charge in [-0.25, -0.2) is 4.98 Å². The third-order valence-corrected chi connectivity index (χ3v) is 4.13. The molecule has 0 amide bonds. The molecule has 3 nitrogen and oxygen atoms in total. The van der Waals surface area contributed by atoms with Gasteiger partial charge in [0.05, 0.1) is 0 Å². The van der Waals surface area contributed by atoms with Crippen molar-refractivity contribution in [3.63, 3.8) is 0 Å². The highest BCUT2D eigenvalue weighted by Gasteiger charge is 2.16. The van der Waals surface area contributed by atoms with Crippen molar-refractivity contribution < 1.29 is 5.11 Å². The second-order valence-electron chi connectivity index (χ2n) is 4.27. The minimum absolute atomic E-state index is 0.658. The third-order valence-electron chi connectivity index (χ3n) is 2.88. The van der Waals surface area contributed by atoms with E-state index in [1.54, 1.807) is 6.20 Å². The van der Waals surface area contributed by atoms with E-state index >= 15 is 0 Å². The maximum atomic E-state index is 10.3. The fraction of sp³-hybridized carbons (Fsp3) is 0.308. The van der Waals surface area contributed by atoms with Crippen molar-refractivity contribution in [2.75, 3.05) is 0 Å². The summed E-state index contributed by atoms with van der Waals surface area (Å²) >= 11 is 3.52. The minimum Gasteiger partial charge on any atom is -0.380 e. The quantitative estimate of drug-likeness (QED) is 0.925. The lowest BCUT2D eigenvalue weighted by Crippen LogP contribution is -2.07. The number of aryl methyl sites for hydroxylation is 3. The average Bonchev–Trinajstić information content (AvgIpc) is 2.70. The smallest absolute Gasteiger partial charge is 0.142 e. The molecule has 0 spiro atoms. The van der Waals surface area contributed by atoms with Gasteiger partial charge >= 0.3 is 0 Å². The number of hydrogen-bond donors (Lipinski definition) is 1. The molecule has 1 aromatic carbocycles. The van der Waals surface area contributed by atoms with E-state index in [1.165, 1.54) is 0 Å². The van der Waals surface area contributed by atoms with Gasteiger partial charge in [0.2, 0.25) is 0 Å². The summed E-state index contributed by atoms with van der Waals surface area (Å²) in [7, 11) is 1.88.